The SMILES string of the molecule is CCO[Si](OCC)(OCC)c1cc(C)c(C)cc1C. The highest BCUT2D eigenvalue weighted by Crippen LogP contribution is 2.16. The summed E-state index contributed by atoms with van der Waals surface area (Å²) in [6.07, 6.45) is 0. The molecule has 19 heavy (non-hydrogen) atoms. The molecular weight excluding hydrogens is 256 g/mol. The van der Waals surface area contributed by atoms with E-state index in [1.54, 1.807) is 0 Å². The molecule has 108 valence electrons. The fourth-order valence-corrected chi connectivity index (χ4v) is 5.02. The lowest BCUT2D eigenvalue weighted by atomic mass is 10.1. The molecule has 0 unspecified atom stereocenters. The van der Waals surface area contributed by atoms with Crippen molar-refractivity contribution in [3.8, 4) is 0 Å². The molecule has 0 saturated heterocycles. The Morgan fingerprint density at radius 2 is 1.16 bits per heavy atom. The summed E-state index contributed by atoms with van der Waals surface area (Å²) in [6.45, 7) is 14.1. The molecular formula is C15H26O3Si. The molecule has 0 bridgehead atoms. The van der Waals surface area contributed by atoms with E-state index in [0.29, 0.717) is 19.8 Å². The average Bonchev–Trinajstić information content (AvgIpc) is 2.34. The monoisotopic (exact) mass is 282 g/mol. The molecule has 0 spiro atoms. The minimum absolute atomic E-state index is 0.596. The summed E-state index contributed by atoms with van der Waals surface area (Å²) in [4.78, 5) is 0. The van der Waals surface area contributed by atoms with Gasteiger partial charge in [-0.05, 0) is 58.2 Å². The number of hydrogen-bond acceptors (Lipinski definition) is 3. The second kappa shape index (κ2) is 7.19. The number of hydrogen-bond donors (Lipinski definition) is 0. The van der Waals surface area contributed by atoms with Gasteiger partial charge in [0.25, 0.3) is 0 Å². The Morgan fingerprint density at radius 3 is 1.58 bits per heavy atom. The Kier molecular flexibility index (Phi) is 6.20. The van der Waals surface area contributed by atoms with Crippen molar-refractivity contribution in [1.29, 1.82) is 0 Å². The normalized spacial score (nSPS) is 11.9. The highest BCUT2D eigenvalue weighted by atomic mass is 28.4. The highest BCUT2D eigenvalue weighted by Gasteiger charge is 2.44. The van der Waals surface area contributed by atoms with E-state index in [-0.39, 0.29) is 0 Å². The first-order chi connectivity index (χ1) is 9.00. The molecule has 0 fully saturated rings. The zero-order valence-electron chi connectivity index (χ0n) is 13.0. The maximum Gasteiger partial charge on any atom is 0.537 e. The van der Waals surface area contributed by atoms with Gasteiger partial charge in [-0.1, -0.05) is 12.1 Å². The van der Waals surface area contributed by atoms with Crippen LogP contribution in [0.25, 0.3) is 0 Å². The molecule has 0 aliphatic heterocycles. The van der Waals surface area contributed by atoms with Gasteiger partial charge in [-0.3, -0.25) is 0 Å². The van der Waals surface area contributed by atoms with Crippen molar-refractivity contribution in [2.24, 2.45) is 0 Å². The summed E-state index contributed by atoms with van der Waals surface area (Å²) < 4.78 is 17.9. The number of rotatable bonds is 7. The highest BCUT2D eigenvalue weighted by molar-refractivity contribution is 6.75. The Bertz CT molecular complexity index is 401. The van der Waals surface area contributed by atoms with Crippen molar-refractivity contribution in [2.75, 3.05) is 19.8 Å². The Balaban J connectivity index is 3.33. The molecule has 0 saturated carbocycles. The quantitative estimate of drug-likeness (QED) is 0.720. The molecule has 0 amide bonds. The van der Waals surface area contributed by atoms with Crippen LogP contribution in [0.3, 0.4) is 0 Å². The molecule has 0 heterocycles. The Labute approximate surface area is 118 Å². The van der Waals surface area contributed by atoms with E-state index in [1.165, 1.54) is 16.7 Å². The van der Waals surface area contributed by atoms with Gasteiger partial charge in [0.1, 0.15) is 0 Å². The third-order valence-electron chi connectivity index (χ3n) is 3.17. The van der Waals surface area contributed by atoms with Crippen LogP contribution in [0, 0.1) is 20.8 Å². The lowest BCUT2D eigenvalue weighted by Crippen LogP contribution is -2.58. The van der Waals surface area contributed by atoms with Crippen molar-refractivity contribution in [3.63, 3.8) is 0 Å². The molecule has 0 aliphatic rings. The minimum Gasteiger partial charge on any atom is -0.370 e. The minimum atomic E-state index is -2.77. The number of aryl methyl sites for hydroxylation is 3. The largest absolute Gasteiger partial charge is 0.537 e. The van der Waals surface area contributed by atoms with Crippen LogP contribution in [0.15, 0.2) is 12.1 Å². The van der Waals surface area contributed by atoms with Gasteiger partial charge in [0.05, 0.1) is 0 Å². The fourth-order valence-electron chi connectivity index (χ4n) is 2.22. The van der Waals surface area contributed by atoms with Crippen molar-refractivity contribution in [2.45, 2.75) is 41.5 Å². The molecule has 4 heteroatoms. The molecule has 0 atom stereocenters. The molecule has 1 aromatic rings. The van der Waals surface area contributed by atoms with Crippen molar-refractivity contribution >= 4 is 14.0 Å². The van der Waals surface area contributed by atoms with Gasteiger partial charge in [0.2, 0.25) is 0 Å². The lowest BCUT2D eigenvalue weighted by molar-refractivity contribution is 0.0858. The predicted molar refractivity (Wildman–Crippen MR) is 80.9 cm³/mol. The van der Waals surface area contributed by atoms with E-state index in [2.05, 4.69) is 32.9 Å². The van der Waals surface area contributed by atoms with Gasteiger partial charge in [-0.15, -0.1) is 0 Å². The van der Waals surface area contributed by atoms with E-state index in [1.807, 2.05) is 20.8 Å². The molecule has 0 radical (unpaired) electrons. The van der Waals surface area contributed by atoms with Crippen LogP contribution in [-0.4, -0.2) is 28.6 Å². The van der Waals surface area contributed by atoms with E-state index in [9.17, 15) is 0 Å². The first-order valence-electron chi connectivity index (χ1n) is 7.00. The van der Waals surface area contributed by atoms with Crippen LogP contribution in [0.4, 0.5) is 0 Å². The van der Waals surface area contributed by atoms with Gasteiger partial charge in [-0.25, -0.2) is 0 Å². The Morgan fingerprint density at radius 1 is 0.737 bits per heavy atom. The van der Waals surface area contributed by atoms with Crippen molar-refractivity contribution < 1.29 is 13.3 Å². The second-order valence-electron chi connectivity index (χ2n) is 4.61. The fraction of sp³-hybridized carbons (Fsp3) is 0.600. The van der Waals surface area contributed by atoms with Crippen LogP contribution < -0.4 is 5.19 Å². The van der Waals surface area contributed by atoms with Crippen molar-refractivity contribution in [1.82, 2.24) is 0 Å². The van der Waals surface area contributed by atoms with Crippen LogP contribution in [-0.2, 0) is 13.3 Å². The van der Waals surface area contributed by atoms with E-state index in [4.69, 9.17) is 13.3 Å². The standard InChI is InChI=1S/C15H26O3Si/c1-7-16-19(17-8-2,18-9-3)15-11-13(5)12(4)10-14(15)6/h10-11H,7-9H2,1-6H3. The summed E-state index contributed by atoms with van der Waals surface area (Å²) in [5.41, 5.74) is 3.72. The molecule has 0 N–H and O–H groups in total. The maximum absolute atomic E-state index is 5.97. The van der Waals surface area contributed by atoms with Crippen LogP contribution in [0.1, 0.15) is 37.5 Å². The summed E-state index contributed by atoms with van der Waals surface area (Å²) in [5.74, 6) is 0. The summed E-state index contributed by atoms with van der Waals surface area (Å²) >= 11 is 0. The zero-order valence-corrected chi connectivity index (χ0v) is 14.0. The van der Waals surface area contributed by atoms with Crippen LogP contribution in [0.2, 0.25) is 0 Å². The summed E-state index contributed by atoms with van der Waals surface area (Å²) in [7, 11) is -2.77. The van der Waals surface area contributed by atoms with Crippen LogP contribution >= 0.6 is 0 Å². The van der Waals surface area contributed by atoms with Gasteiger partial charge in [0.15, 0.2) is 0 Å². The third kappa shape index (κ3) is 3.66. The summed E-state index contributed by atoms with van der Waals surface area (Å²) in [5, 5.41) is 1.10. The molecule has 1 aromatic carbocycles. The van der Waals surface area contributed by atoms with Gasteiger partial charge < -0.3 is 13.3 Å². The van der Waals surface area contributed by atoms with Crippen LogP contribution in [0.5, 0.6) is 0 Å². The van der Waals surface area contributed by atoms with Gasteiger partial charge >= 0.3 is 8.80 Å². The number of benzene rings is 1. The summed E-state index contributed by atoms with van der Waals surface area (Å²) in [6, 6.07) is 4.35. The average molecular weight is 282 g/mol. The maximum atomic E-state index is 5.97. The second-order valence-corrected chi connectivity index (χ2v) is 7.12. The smallest absolute Gasteiger partial charge is 0.370 e. The predicted octanol–water partition coefficient (Wildman–Crippen LogP) is 2.87. The van der Waals surface area contributed by atoms with Gasteiger partial charge in [0, 0.05) is 25.0 Å². The molecule has 3 nitrogen and oxygen atoms in total. The zero-order chi connectivity index (χ0) is 14.5. The van der Waals surface area contributed by atoms with E-state index < -0.39 is 8.80 Å². The van der Waals surface area contributed by atoms with E-state index in [0.717, 1.165) is 5.19 Å². The topological polar surface area (TPSA) is 27.7 Å². The third-order valence-corrected chi connectivity index (χ3v) is 6.38. The van der Waals surface area contributed by atoms with E-state index >= 15 is 0 Å². The molecule has 0 aromatic heterocycles. The molecule has 0 aliphatic carbocycles. The molecule has 1 rings (SSSR count). The van der Waals surface area contributed by atoms with Crippen molar-refractivity contribution in [3.05, 3.63) is 28.8 Å². The van der Waals surface area contributed by atoms with Gasteiger partial charge in [-0.2, -0.15) is 0 Å². The first kappa shape index (κ1) is 16.4. The Hall–Kier alpha value is -0.683. The lowest BCUT2D eigenvalue weighted by Gasteiger charge is -2.30. The first-order valence-corrected chi connectivity index (χ1v) is 8.73.